The summed E-state index contributed by atoms with van der Waals surface area (Å²) >= 11 is 0. The summed E-state index contributed by atoms with van der Waals surface area (Å²) < 4.78 is 5.72. The highest BCUT2D eigenvalue weighted by atomic mass is 16.6. The van der Waals surface area contributed by atoms with Gasteiger partial charge >= 0.3 is 0 Å². The summed E-state index contributed by atoms with van der Waals surface area (Å²) in [7, 11) is 0. The van der Waals surface area contributed by atoms with E-state index in [-0.39, 0.29) is 11.7 Å². The number of nitrogens with two attached hydrogens (primary N) is 1. The number of rotatable bonds is 4. The van der Waals surface area contributed by atoms with Gasteiger partial charge in [-0.25, -0.2) is 4.98 Å². The van der Waals surface area contributed by atoms with Gasteiger partial charge in [0.25, 0.3) is 5.69 Å². The fraction of sp³-hybridized carbons (Fsp3) is 0.214. The first-order valence-electron chi connectivity index (χ1n) is 6.12. The van der Waals surface area contributed by atoms with Crippen LogP contribution in [-0.4, -0.2) is 9.91 Å². The molecule has 0 bridgehead atoms. The van der Waals surface area contributed by atoms with E-state index in [0.29, 0.717) is 17.2 Å². The van der Waals surface area contributed by atoms with E-state index in [1.165, 1.54) is 12.1 Å². The Morgan fingerprint density at radius 2 is 2.15 bits per heavy atom. The molecule has 1 aromatic carbocycles. The van der Waals surface area contributed by atoms with E-state index in [1.54, 1.807) is 25.3 Å². The highest BCUT2D eigenvalue weighted by Gasteiger charge is 2.13. The number of ether oxygens (including phenoxy) is 1. The van der Waals surface area contributed by atoms with Crippen LogP contribution in [0.5, 0.6) is 11.6 Å². The third kappa shape index (κ3) is 2.92. The zero-order chi connectivity index (χ0) is 14.7. The molecule has 0 amide bonds. The van der Waals surface area contributed by atoms with Crippen molar-refractivity contribution in [3.8, 4) is 11.6 Å². The first kappa shape index (κ1) is 14.0. The predicted molar refractivity (Wildman–Crippen MR) is 74.7 cm³/mol. The minimum atomic E-state index is -0.440. The molecule has 0 radical (unpaired) electrons. The summed E-state index contributed by atoms with van der Waals surface area (Å²) in [4.78, 5) is 14.4. The summed E-state index contributed by atoms with van der Waals surface area (Å²) in [6, 6.07) is 7.84. The van der Waals surface area contributed by atoms with Crippen LogP contribution in [0.4, 0.5) is 5.69 Å². The monoisotopic (exact) mass is 273 g/mol. The maximum absolute atomic E-state index is 10.7. The first-order chi connectivity index (χ1) is 9.49. The van der Waals surface area contributed by atoms with Crippen molar-refractivity contribution in [2.75, 3.05) is 0 Å². The Bertz CT molecular complexity index is 641. The van der Waals surface area contributed by atoms with Crippen LogP contribution < -0.4 is 10.5 Å². The van der Waals surface area contributed by atoms with E-state index in [1.807, 2.05) is 13.0 Å². The van der Waals surface area contributed by atoms with Gasteiger partial charge in [-0.05, 0) is 31.5 Å². The molecule has 2 N–H and O–H groups in total. The van der Waals surface area contributed by atoms with Crippen LogP contribution >= 0.6 is 0 Å². The van der Waals surface area contributed by atoms with Crippen LogP contribution in [0.1, 0.15) is 24.1 Å². The molecular formula is C14H15N3O3. The molecule has 2 rings (SSSR count). The lowest BCUT2D eigenvalue weighted by atomic mass is 10.1. The number of nitro benzene ring substituents is 1. The van der Waals surface area contributed by atoms with Crippen LogP contribution in [0.2, 0.25) is 0 Å². The molecule has 0 spiro atoms. The third-order valence-electron chi connectivity index (χ3n) is 2.87. The number of non-ortho nitro benzene ring substituents is 1. The molecule has 1 unspecified atom stereocenters. The zero-order valence-corrected chi connectivity index (χ0v) is 11.2. The molecule has 0 fully saturated rings. The van der Waals surface area contributed by atoms with Crippen molar-refractivity contribution in [1.82, 2.24) is 4.98 Å². The van der Waals surface area contributed by atoms with E-state index >= 15 is 0 Å². The van der Waals surface area contributed by atoms with Crippen LogP contribution in [-0.2, 0) is 0 Å². The Morgan fingerprint density at radius 3 is 2.75 bits per heavy atom. The third-order valence-corrected chi connectivity index (χ3v) is 2.87. The molecule has 1 aromatic heterocycles. The van der Waals surface area contributed by atoms with Crippen LogP contribution in [0, 0.1) is 17.0 Å². The van der Waals surface area contributed by atoms with Crippen LogP contribution in [0.15, 0.2) is 36.5 Å². The maximum Gasteiger partial charge on any atom is 0.269 e. The fourth-order valence-corrected chi connectivity index (χ4v) is 1.80. The lowest BCUT2D eigenvalue weighted by molar-refractivity contribution is -0.384. The molecule has 1 heterocycles. The number of aromatic nitrogens is 1. The maximum atomic E-state index is 10.7. The Morgan fingerprint density at radius 1 is 1.40 bits per heavy atom. The number of aryl methyl sites for hydroxylation is 1. The minimum absolute atomic E-state index is 0.0308. The summed E-state index contributed by atoms with van der Waals surface area (Å²) in [5.41, 5.74) is 7.34. The minimum Gasteiger partial charge on any atom is -0.438 e. The van der Waals surface area contributed by atoms with E-state index < -0.39 is 4.92 Å². The molecule has 2 aromatic rings. The van der Waals surface area contributed by atoms with Crippen molar-refractivity contribution in [2.45, 2.75) is 19.9 Å². The highest BCUT2D eigenvalue weighted by molar-refractivity contribution is 5.45. The summed E-state index contributed by atoms with van der Waals surface area (Å²) in [6.07, 6.45) is 1.61. The Hall–Kier alpha value is -2.47. The van der Waals surface area contributed by atoms with Crippen LogP contribution in [0.25, 0.3) is 0 Å². The second kappa shape index (κ2) is 5.66. The molecule has 6 heteroatoms. The van der Waals surface area contributed by atoms with E-state index in [2.05, 4.69) is 4.98 Å². The van der Waals surface area contributed by atoms with Gasteiger partial charge in [0.15, 0.2) is 0 Å². The summed E-state index contributed by atoms with van der Waals surface area (Å²) in [5.74, 6) is 0.940. The fourth-order valence-electron chi connectivity index (χ4n) is 1.80. The number of nitro groups is 1. The molecule has 0 aliphatic carbocycles. The molecule has 0 saturated carbocycles. The van der Waals surface area contributed by atoms with Crippen molar-refractivity contribution in [3.63, 3.8) is 0 Å². The largest absolute Gasteiger partial charge is 0.438 e. The predicted octanol–water partition coefficient (Wildman–Crippen LogP) is 3.11. The van der Waals surface area contributed by atoms with Gasteiger partial charge in [0.1, 0.15) is 5.75 Å². The molecule has 0 saturated heterocycles. The van der Waals surface area contributed by atoms with Crippen molar-refractivity contribution in [2.24, 2.45) is 5.73 Å². The number of nitrogens with zero attached hydrogens (tertiary/aromatic N) is 2. The van der Waals surface area contributed by atoms with Gasteiger partial charge in [-0.3, -0.25) is 10.1 Å². The van der Waals surface area contributed by atoms with Crippen molar-refractivity contribution in [3.05, 3.63) is 57.8 Å². The van der Waals surface area contributed by atoms with E-state index in [0.717, 1.165) is 5.56 Å². The molecule has 104 valence electrons. The van der Waals surface area contributed by atoms with Gasteiger partial charge in [0, 0.05) is 29.9 Å². The molecule has 1 atom stereocenters. The van der Waals surface area contributed by atoms with E-state index in [9.17, 15) is 10.1 Å². The second-order valence-electron chi connectivity index (χ2n) is 4.50. The number of hydrogen-bond acceptors (Lipinski definition) is 5. The van der Waals surface area contributed by atoms with Gasteiger partial charge in [-0.1, -0.05) is 6.07 Å². The lowest BCUT2D eigenvalue weighted by Gasteiger charge is -2.13. The average Bonchev–Trinajstić information content (AvgIpc) is 2.41. The number of benzene rings is 1. The summed E-state index contributed by atoms with van der Waals surface area (Å²) in [5, 5.41) is 10.7. The van der Waals surface area contributed by atoms with E-state index in [4.69, 9.17) is 10.5 Å². The number of hydrogen-bond donors (Lipinski definition) is 1. The Kier molecular flexibility index (Phi) is 3.95. The molecule has 6 nitrogen and oxygen atoms in total. The summed E-state index contributed by atoms with van der Waals surface area (Å²) in [6.45, 7) is 3.59. The van der Waals surface area contributed by atoms with Crippen molar-refractivity contribution in [1.29, 1.82) is 0 Å². The number of pyridine rings is 1. The van der Waals surface area contributed by atoms with Crippen LogP contribution in [0.3, 0.4) is 0 Å². The standard InChI is InChI=1S/C14H15N3O3/c1-9-8-11(17(18)19)5-6-13(9)20-14-12(10(2)15)4-3-7-16-14/h3-8,10H,15H2,1-2H3. The smallest absolute Gasteiger partial charge is 0.269 e. The van der Waals surface area contributed by atoms with Gasteiger partial charge in [0.2, 0.25) is 5.88 Å². The van der Waals surface area contributed by atoms with Gasteiger partial charge in [-0.15, -0.1) is 0 Å². The molecule has 20 heavy (non-hydrogen) atoms. The highest BCUT2D eigenvalue weighted by Crippen LogP contribution is 2.30. The topological polar surface area (TPSA) is 91.3 Å². The molecular weight excluding hydrogens is 258 g/mol. The first-order valence-corrected chi connectivity index (χ1v) is 6.12. The zero-order valence-electron chi connectivity index (χ0n) is 11.2. The van der Waals surface area contributed by atoms with Gasteiger partial charge in [-0.2, -0.15) is 0 Å². The van der Waals surface area contributed by atoms with Crippen molar-refractivity contribution >= 4 is 5.69 Å². The van der Waals surface area contributed by atoms with Gasteiger partial charge < -0.3 is 10.5 Å². The molecule has 0 aliphatic rings. The lowest BCUT2D eigenvalue weighted by Crippen LogP contribution is -2.07. The normalized spacial score (nSPS) is 11.9. The molecule has 0 aliphatic heterocycles. The SMILES string of the molecule is Cc1cc([N+](=O)[O-])ccc1Oc1ncccc1C(C)N. The quantitative estimate of drug-likeness (QED) is 0.682. The average molecular weight is 273 g/mol. The van der Waals surface area contributed by atoms with Gasteiger partial charge in [0.05, 0.1) is 4.92 Å². The Balaban J connectivity index is 2.33. The van der Waals surface area contributed by atoms with Crippen molar-refractivity contribution < 1.29 is 9.66 Å². The Labute approximate surface area is 116 Å². The second-order valence-corrected chi connectivity index (χ2v) is 4.50.